The van der Waals surface area contributed by atoms with Gasteiger partial charge in [-0.3, -0.25) is 19.1 Å². The molecule has 0 aliphatic carbocycles. The number of carbonyl (C=O) groups excluding carboxylic acids is 1. The summed E-state index contributed by atoms with van der Waals surface area (Å²) in [5, 5.41) is 4.13. The number of rotatable bonds is 7. The highest BCUT2D eigenvalue weighted by atomic mass is 32.2. The van der Waals surface area contributed by atoms with Gasteiger partial charge >= 0.3 is 0 Å². The van der Waals surface area contributed by atoms with E-state index in [1.54, 1.807) is 23.0 Å². The Morgan fingerprint density at radius 3 is 2.61 bits per heavy atom. The normalized spacial score (nSPS) is 13.5. The highest BCUT2D eigenvalue weighted by Gasteiger charge is 2.25. The Balaban J connectivity index is 1.52. The van der Waals surface area contributed by atoms with Crippen molar-refractivity contribution >= 4 is 44.9 Å². The number of amides is 1. The molecule has 5 rings (SSSR count). The van der Waals surface area contributed by atoms with Gasteiger partial charge in [-0.2, -0.15) is 0 Å². The van der Waals surface area contributed by atoms with Gasteiger partial charge in [0.1, 0.15) is 10.6 Å². The molecule has 3 heterocycles. The van der Waals surface area contributed by atoms with Crippen molar-refractivity contribution in [3.8, 4) is 11.4 Å². The summed E-state index contributed by atoms with van der Waals surface area (Å²) in [7, 11) is 1.61. The van der Waals surface area contributed by atoms with Crippen molar-refractivity contribution in [3.05, 3.63) is 74.9 Å². The Kier molecular flexibility index (Phi) is 7.13. The van der Waals surface area contributed by atoms with Gasteiger partial charge in [0.05, 0.1) is 23.9 Å². The minimum Gasteiger partial charge on any atom is -0.497 e. The van der Waals surface area contributed by atoms with Gasteiger partial charge in [0.25, 0.3) is 5.56 Å². The van der Waals surface area contributed by atoms with Crippen molar-refractivity contribution in [2.45, 2.75) is 32.0 Å². The zero-order chi connectivity index (χ0) is 25.2. The first kappa shape index (κ1) is 24.5. The van der Waals surface area contributed by atoms with Crippen LogP contribution in [0.2, 0.25) is 0 Å². The van der Waals surface area contributed by atoms with Gasteiger partial charge in [0.2, 0.25) is 5.91 Å². The molecule has 0 saturated carbocycles. The van der Waals surface area contributed by atoms with Crippen LogP contribution < -0.4 is 15.6 Å². The van der Waals surface area contributed by atoms with Gasteiger partial charge in [-0.05, 0) is 61.9 Å². The van der Waals surface area contributed by atoms with Crippen LogP contribution >= 0.6 is 23.1 Å². The molecule has 1 aliphatic rings. The van der Waals surface area contributed by atoms with Crippen LogP contribution in [0.1, 0.15) is 22.9 Å². The van der Waals surface area contributed by atoms with Gasteiger partial charge < -0.3 is 10.1 Å². The summed E-state index contributed by atoms with van der Waals surface area (Å²) in [5.74, 6) is 0.695. The van der Waals surface area contributed by atoms with Gasteiger partial charge in [-0.1, -0.05) is 36.4 Å². The molecule has 0 saturated heterocycles. The predicted octanol–water partition coefficient (Wildman–Crippen LogP) is 4.87. The molecule has 1 N–H and O–H groups in total. The number of methoxy groups -OCH3 is 1. The molecule has 1 amide bonds. The Hall–Kier alpha value is -3.14. The number of thiophene rings is 1. The number of anilines is 1. The number of nitrogens with zero attached hydrogens (tertiary/aromatic N) is 3. The third kappa shape index (κ3) is 4.91. The number of nitrogens with one attached hydrogen (secondary N) is 1. The molecule has 0 bridgehead atoms. The Bertz CT molecular complexity index is 1460. The van der Waals surface area contributed by atoms with Gasteiger partial charge in [-0.15, -0.1) is 11.3 Å². The van der Waals surface area contributed by atoms with Gasteiger partial charge in [0, 0.05) is 23.7 Å². The average Bonchev–Trinajstić information content (AvgIpc) is 3.26. The van der Waals surface area contributed by atoms with Crippen LogP contribution in [0.15, 0.2) is 58.5 Å². The van der Waals surface area contributed by atoms with Crippen LogP contribution in [0, 0.1) is 6.92 Å². The number of ether oxygens (including phenoxy) is 1. The third-order valence-electron chi connectivity index (χ3n) is 6.37. The fourth-order valence-electron chi connectivity index (χ4n) is 4.37. The lowest BCUT2D eigenvalue weighted by Crippen LogP contribution is -2.30. The number of fused-ring (bicyclic) bond motifs is 3. The van der Waals surface area contributed by atoms with E-state index >= 15 is 0 Å². The first-order valence-corrected chi connectivity index (χ1v) is 13.7. The molecule has 2 aromatic carbocycles. The maximum Gasteiger partial charge on any atom is 0.267 e. The number of benzene rings is 2. The van der Waals surface area contributed by atoms with Crippen LogP contribution in [-0.4, -0.2) is 46.3 Å². The first-order chi connectivity index (χ1) is 17.5. The Labute approximate surface area is 218 Å². The fourth-order valence-corrected chi connectivity index (χ4v) is 6.48. The molecule has 0 fully saturated rings. The molecular formula is C27H28N4O3S2. The Morgan fingerprint density at radius 2 is 1.92 bits per heavy atom. The molecular weight excluding hydrogens is 492 g/mol. The van der Waals surface area contributed by atoms with Crippen LogP contribution in [0.25, 0.3) is 15.9 Å². The monoisotopic (exact) mass is 520 g/mol. The number of thioether (sulfide) groups is 1. The second-order valence-corrected chi connectivity index (χ2v) is 10.8. The van der Waals surface area contributed by atoms with Crippen LogP contribution in [0.4, 0.5) is 5.69 Å². The van der Waals surface area contributed by atoms with E-state index in [2.05, 4.69) is 17.1 Å². The summed E-state index contributed by atoms with van der Waals surface area (Å²) in [6, 6.07) is 15.0. The first-order valence-electron chi connectivity index (χ1n) is 11.9. The topological polar surface area (TPSA) is 76.5 Å². The third-order valence-corrected chi connectivity index (χ3v) is 8.42. The lowest BCUT2D eigenvalue weighted by Gasteiger charge is -2.25. The molecule has 0 spiro atoms. The Morgan fingerprint density at radius 1 is 1.17 bits per heavy atom. The number of hydrogen-bond donors (Lipinski definition) is 1. The van der Waals surface area contributed by atoms with Gasteiger partial charge in [0.15, 0.2) is 5.16 Å². The zero-order valence-electron chi connectivity index (χ0n) is 20.5. The van der Waals surface area contributed by atoms with Crippen LogP contribution in [0.5, 0.6) is 5.75 Å². The van der Waals surface area contributed by atoms with Gasteiger partial charge in [-0.25, -0.2) is 4.98 Å². The maximum absolute atomic E-state index is 13.9. The second-order valence-electron chi connectivity index (χ2n) is 8.74. The van der Waals surface area contributed by atoms with Crippen LogP contribution in [-0.2, 0) is 17.8 Å². The number of aryl methyl sites for hydroxylation is 1. The number of aromatic nitrogens is 2. The summed E-state index contributed by atoms with van der Waals surface area (Å²) in [4.78, 5) is 35.9. The zero-order valence-corrected chi connectivity index (χ0v) is 22.2. The molecule has 7 nitrogen and oxygen atoms in total. The summed E-state index contributed by atoms with van der Waals surface area (Å²) in [6.07, 6.45) is 0.841. The molecule has 4 aromatic rings. The highest BCUT2D eigenvalue weighted by Crippen LogP contribution is 2.34. The highest BCUT2D eigenvalue weighted by molar-refractivity contribution is 7.99. The minimum atomic E-state index is -0.149. The number of likely N-dealkylation sites (N-methyl/N-ethyl adjacent to an activating group) is 1. The lowest BCUT2D eigenvalue weighted by molar-refractivity contribution is -0.113. The number of hydrogen-bond acceptors (Lipinski definition) is 7. The SMILES string of the molecule is CCN1CCc2c(sc3nc(SCC(=O)Nc4ccc(C)cc4)n(-c4ccc(OC)cc4)c(=O)c23)C1. The van der Waals surface area contributed by atoms with Crippen molar-refractivity contribution in [1.82, 2.24) is 14.5 Å². The summed E-state index contributed by atoms with van der Waals surface area (Å²) in [5.41, 5.74) is 3.60. The van der Waals surface area contributed by atoms with Crippen molar-refractivity contribution in [3.63, 3.8) is 0 Å². The molecule has 1 aliphatic heterocycles. The van der Waals surface area contributed by atoms with Crippen molar-refractivity contribution in [1.29, 1.82) is 0 Å². The average molecular weight is 521 g/mol. The molecule has 0 unspecified atom stereocenters. The molecule has 2 aromatic heterocycles. The van der Waals surface area contributed by atoms with Crippen LogP contribution in [0.3, 0.4) is 0 Å². The largest absolute Gasteiger partial charge is 0.497 e. The summed E-state index contributed by atoms with van der Waals surface area (Å²) in [6.45, 7) is 6.92. The molecule has 36 heavy (non-hydrogen) atoms. The van der Waals surface area contributed by atoms with Crippen molar-refractivity contribution < 1.29 is 9.53 Å². The van der Waals surface area contributed by atoms with Crippen molar-refractivity contribution in [2.24, 2.45) is 0 Å². The van der Waals surface area contributed by atoms with E-state index in [1.165, 1.54) is 16.6 Å². The van der Waals surface area contributed by atoms with E-state index in [-0.39, 0.29) is 17.2 Å². The molecule has 9 heteroatoms. The molecule has 0 atom stereocenters. The van der Waals surface area contributed by atoms with Crippen molar-refractivity contribution in [2.75, 3.05) is 31.3 Å². The van der Waals surface area contributed by atoms with E-state index in [0.717, 1.165) is 47.7 Å². The summed E-state index contributed by atoms with van der Waals surface area (Å²) >= 11 is 2.86. The summed E-state index contributed by atoms with van der Waals surface area (Å²) < 4.78 is 6.93. The van der Waals surface area contributed by atoms with E-state index in [0.29, 0.717) is 22.0 Å². The lowest BCUT2D eigenvalue weighted by atomic mass is 10.1. The van der Waals surface area contributed by atoms with E-state index in [1.807, 2.05) is 55.5 Å². The second kappa shape index (κ2) is 10.5. The smallest absolute Gasteiger partial charge is 0.267 e. The van der Waals surface area contributed by atoms with E-state index in [9.17, 15) is 9.59 Å². The van der Waals surface area contributed by atoms with E-state index < -0.39 is 0 Å². The van der Waals surface area contributed by atoms with E-state index in [4.69, 9.17) is 9.72 Å². The fraction of sp³-hybridized carbons (Fsp3) is 0.296. The molecule has 186 valence electrons. The standard InChI is InChI=1S/C27H28N4O3S2/c1-4-30-14-13-21-22(15-30)36-25-24(21)26(33)31(19-9-11-20(34-3)12-10-19)27(29-25)35-16-23(32)28-18-7-5-17(2)6-8-18/h5-12H,4,13-16H2,1-3H3,(H,28,32). The minimum absolute atomic E-state index is 0.0888. The predicted molar refractivity (Wildman–Crippen MR) is 147 cm³/mol. The quantitative estimate of drug-likeness (QED) is 0.277. The maximum atomic E-state index is 13.9. The number of carbonyl (C=O) groups is 1. The molecule has 0 radical (unpaired) electrons.